The van der Waals surface area contributed by atoms with Crippen molar-refractivity contribution in [3.05, 3.63) is 35.4 Å². The van der Waals surface area contributed by atoms with Gasteiger partial charge in [-0.25, -0.2) is 5.43 Å². The SMILES string of the molecule is C[C@@H](N)C(=O)NN=CC1=Cc2ccccc2OC1. The molecule has 0 aliphatic carbocycles. The number of para-hydroxylation sites is 1. The molecule has 1 aliphatic rings. The first-order valence-electron chi connectivity index (χ1n) is 5.68. The maximum atomic E-state index is 11.2. The zero-order valence-corrected chi connectivity index (χ0v) is 10.1. The summed E-state index contributed by atoms with van der Waals surface area (Å²) in [5.74, 6) is 0.540. The third-order valence-corrected chi connectivity index (χ3v) is 2.47. The molecule has 0 fully saturated rings. The Morgan fingerprint density at radius 1 is 1.56 bits per heavy atom. The van der Waals surface area contributed by atoms with Gasteiger partial charge in [0, 0.05) is 11.1 Å². The zero-order valence-electron chi connectivity index (χ0n) is 10.1. The number of nitrogens with one attached hydrogen (secondary N) is 1. The number of amides is 1. The molecule has 0 aromatic heterocycles. The average molecular weight is 245 g/mol. The van der Waals surface area contributed by atoms with Gasteiger partial charge >= 0.3 is 0 Å². The highest BCUT2D eigenvalue weighted by atomic mass is 16.5. The number of hydrazone groups is 1. The normalized spacial score (nSPS) is 15.6. The van der Waals surface area contributed by atoms with Gasteiger partial charge in [0.05, 0.1) is 12.3 Å². The Labute approximate surface area is 105 Å². The second-order valence-corrected chi connectivity index (χ2v) is 4.07. The quantitative estimate of drug-likeness (QED) is 0.614. The Morgan fingerprint density at radius 3 is 3.11 bits per heavy atom. The van der Waals surface area contributed by atoms with Crippen molar-refractivity contribution in [2.45, 2.75) is 13.0 Å². The van der Waals surface area contributed by atoms with Crippen LogP contribution in [0.2, 0.25) is 0 Å². The number of carbonyl (C=O) groups excluding carboxylic acids is 1. The predicted octanol–water partition coefficient (Wildman–Crippen LogP) is 0.912. The number of nitrogens with zero attached hydrogens (tertiary/aromatic N) is 1. The zero-order chi connectivity index (χ0) is 13.0. The van der Waals surface area contributed by atoms with Crippen molar-refractivity contribution >= 4 is 18.2 Å². The van der Waals surface area contributed by atoms with E-state index in [-0.39, 0.29) is 5.91 Å². The molecule has 1 aromatic rings. The molecule has 0 spiro atoms. The minimum atomic E-state index is -0.570. The summed E-state index contributed by atoms with van der Waals surface area (Å²) >= 11 is 0. The number of nitrogens with two attached hydrogens (primary N) is 1. The van der Waals surface area contributed by atoms with Gasteiger partial charge in [-0.3, -0.25) is 4.79 Å². The van der Waals surface area contributed by atoms with Crippen molar-refractivity contribution in [2.24, 2.45) is 10.8 Å². The smallest absolute Gasteiger partial charge is 0.256 e. The lowest BCUT2D eigenvalue weighted by atomic mass is 10.1. The topological polar surface area (TPSA) is 76.7 Å². The summed E-state index contributed by atoms with van der Waals surface area (Å²) in [7, 11) is 0. The van der Waals surface area contributed by atoms with Crippen LogP contribution in [0.1, 0.15) is 12.5 Å². The first-order valence-corrected chi connectivity index (χ1v) is 5.68. The van der Waals surface area contributed by atoms with Crippen LogP contribution in [-0.2, 0) is 4.79 Å². The highest BCUT2D eigenvalue weighted by Gasteiger charge is 2.09. The molecular weight excluding hydrogens is 230 g/mol. The molecular formula is C13H15N3O2. The minimum Gasteiger partial charge on any atom is -0.488 e. The molecule has 3 N–H and O–H groups in total. The van der Waals surface area contributed by atoms with Crippen molar-refractivity contribution in [3.8, 4) is 5.75 Å². The third kappa shape index (κ3) is 2.95. The Bertz CT molecular complexity index is 507. The second-order valence-electron chi connectivity index (χ2n) is 4.07. The molecule has 0 saturated carbocycles. The lowest BCUT2D eigenvalue weighted by molar-refractivity contribution is -0.121. The van der Waals surface area contributed by atoms with Gasteiger partial charge in [0.25, 0.3) is 5.91 Å². The van der Waals surface area contributed by atoms with E-state index in [1.54, 1.807) is 13.1 Å². The van der Waals surface area contributed by atoms with E-state index < -0.39 is 6.04 Å². The maximum absolute atomic E-state index is 11.2. The molecule has 0 bridgehead atoms. The first kappa shape index (κ1) is 12.3. The van der Waals surface area contributed by atoms with Crippen LogP contribution in [0.4, 0.5) is 0 Å². The average Bonchev–Trinajstić information content (AvgIpc) is 2.38. The van der Waals surface area contributed by atoms with E-state index in [2.05, 4.69) is 10.5 Å². The fourth-order valence-electron chi connectivity index (χ4n) is 1.49. The van der Waals surface area contributed by atoms with Crippen LogP contribution in [0.25, 0.3) is 6.08 Å². The largest absolute Gasteiger partial charge is 0.488 e. The molecule has 0 radical (unpaired) electrons. The van der Waals surface area contributed by atoms with Crippen LogP contribution < -0.4 is 15.9 Å². The number of carbonyl (C=O) groups is 1. The Balaban J connectivity index is 2.02. The minimum absolute atomic E-state index is 0.316. The van der Waals surface area contributed by atoms with E-state index >= 15 is 0 Å². The third-order valence-electron chi connectivity index (χ3n) is 2.47. The van der Waals surface area contributed by atoms with Crippen LogP contribution in [-0.4, -0.2) is 24.8 Å². The fourth-order valence-corrected chi connectivity index (χ4v) is 1.49. The summed E-state index contributed by atoms with van der Waals surface area (Å²) in [4.78, 5) is 11.2. The van der Waals surface area contributed by atoms with Crippen LogP contribution >= 0.6 is 0 Å². The molecule has 5 heteroatoms. The van der Waals surface area contributed by atoms with E-state index in [1.165, 1.54) is 0 Å². The number of benzene rings is 1. The van der Waals surface area contributed by atoms with Crippen molar-refractivity contribution in [1.29, 1.82) is 0 Å². The molecule has 1 aromatic carbocycles. The van der Waals surface area contributed by atoms with Crippen molar-refractivity contribution < 1.29 is 9.53 Å². The molecule has 1 amide bonds. The van der Waals surface area contributed by atoms with Gasteiger partial charge in [-0.05, 0) is 19.1 Å². The lowest BCUT2D eigenvalue weighted by Gasteiger charge is -2.15. The number of hydrogen-bond donors (Lipinski definition) is 2. The Kier molecular flexibility index (Phi) is 3.74. The summed E-state index contributed by atoms with van der Waals surface area (Å²) in [6.07, 6.45) is 3.54. The molecule has 1 heterocycles. The standard InChI is InChI=1S/C13H15N3O2/c1-9(14)13(17)16-15-7-10-6-11-4-2-3-5-12(11)18-8-10/h2-7,9H,8,14H2,1H3,(H,16,17)/t9-/m1/s1. The molecule has 5 nitrogen and oxygen atoms in total. The first-order chi connectivity index (χ1) is 8.66. The molecule has 94 valence electrons. The molecule has 1 atom stereocenters. The van der Waals surface area contributed by atoms with Crippen molar-refractivity contribution in [2.75, 3.05) is 6.61 Å². The summed E-state index contributed by atoms with van der Waals surface area (Å²) in [6.45, 7) is 2.04. The van der Waals surface area contributed by atoms with E-state index in [1.807, 2.05) is 30.3 Å². The van der Waals surface area contributed by atoms with Gasteiger partial charge in [-0.15, -0.1) is 0 Å². The van der Waals surface area contributed by atoms with Crippen LogP contribution in [0.3, 0.4) is 0 Å². The second kappa shape index (κ2) is 5.46. The van der Waals surface area contributed by atoms with Gasteiger partial charge in [0.15, 0.2) is 0 Å². The number of ether oxygens (including phenoxy) is 1. The Morgan fingerprint density at radius 2 is 2.33 bits per heavy atom. The van der Waals surface area contributed by atoms with E-state index in [4.69, 9.17) is 10.5 Å². The van der Waals surface area contributed by atoms with Gasteiger partial charge in [0.2, 0.25) is 0 Å². The summed E-state index contributed by atoms with van der Waals surface area (Å²) in [6, 6.07) is 7.17. The van der Waals surface area contributed by atoms with Crippen LogP contribution in [0, 0.1) is 0 Å². The molecule has 0 unspecified atom stereocenters. The maximum Gasteiger partial charge on any atom is 0.256 e. The van der Waals surface area contributed by atoms with Gasteiger partial charge in [0.1, 0.15) is 12.4 Å². The number of rotatable bonds is 3. The molecule has 18 heavy (non-hydrogen) atoms. The van der Waals surface area contributed by atoms with Gasteiger partial charge < -0.3 is 10.5 Å². The predicted molar refractivity (Wildman–Crippen MR) is 70.2 cm³/mol. The van der Waals surface area contributed by atoms with Crippen molar-refractivity contribution in [1.82, 2.24) is 5.43 Å². The fraction of sp³-hybridized carbons (Fsp3) is 0.231. The molecule has 2 rings (SSSR count). The number of fused-ring (bicyclic) bond motifs is 1. The van der Waals surface area contributed by atoms with E-state index in [9.17, 15) is 4.79 Å². The molecule has 0 saturated heterocycles. The summed E-state index contributed by atoms with van der Waals surface area (Å²) in [5, 5.41) is 3.84. The highest BCUT2D eigenvalue weighted by molar-refractivity contribution is 5.89. The number of hydrogen-bond acceptors (Lipinski definition) is 4. The Hall–Kier alpha value is -2.14. The van der Waals surface area contributed by atoms with Crippen LogP contribution in [0.5, 0.6) is 5.75 Å². The van der Waals surface area contributed by atoms with Gasteiger partial charge in [-0.2, -0.15) is 5.10 Å². The molecule has 1 aliphatic heterocycles. The van der Waals surface area contributed by atoms with Crippen LogP contribution in [0.15, 0.2) is 34.9 Å². The van der Waals surface area contributed by atoms with E-state index in [0.717, 1.165) is 16.9 Å². The van der Waals surface area contributed by atoms with E-state index in [0.29, 0.717) is 6.61 Å². The van der Waals surface area contributed by atoms with Gasteiger partial charge in [-0.1, -0.05) is 18.2 Å². The summed E-state index contributed by atoms with van der Waals surface area (Å²) < 4.78 is 5.54. The summed E-state index contributed by atoms with van der Waals surface area (Å²) in [5.41, 5.74) is 9.65. The highest BCUT2D eigenvalue weighted by Crippen LogP contribution is 2.24. The lowest BCUT2D eigenvalue weighted by Crippen LogP contribution is -2.35. The van der Waals surface area contributed by atoms with Crippen molar-refractivity contribution in [3.63, 3.8) is 0 Å². The monoisotopic (exact) mass is 245 g/mol.